The number of fused-ring (bicyclic) bond motifs is 1. The number of nitrogens with zero attached hydrogens (tertiary/aromatic N) is 1. The maximum Gasteiger partial charge on any atom is 0.407 e. The van der Waals surface area contributed by atoms with Crippen LogP contribution in [0.25, 0.3) is 22.2 Å². The molecule has 3 aromatic rings. The van der Waals surface area contributed by atoms with Crippen molar-refractivity contribution in [2.75, 3.05) is 25.5 Å². The van der Waals surface area contributed by atoms with E-state index in [1.165, 1.54) is 0 Å². The van der Waals surface area contributed by atoms with Crippen LogP contribution in [0.4, 0.5) is 10.5 Å². The molecule has 0 atom stereocenters. The molecule has 198 valence electrons. The number of pyridine rings is 1. The fraction of sp³-hybridized carbons (Fsp3) is 0.467. The highest BCUT2D eigenvalue weighted by atomic mass is 16.6. The van der Waals surface area contributed by atoms with Gasteiger partial charge in [-0.1, -0.05) is 18.2 Å². The van der Waals surface area contributed by atoms with E-state index in [0.717, 1.165) is 72.2 Å². The lowest BCUT2D eigenvalue weighted by Gasteiger charge is -2.31. The highest BCUT2D eigenvalue weighted by Crippen LogP contribution is 2.31. The van der Waals surface area contributed by atoms with E-state index in [4.69, 9.17) is 14.5 Å². The number of aromatic nitrogens is 1. The van der Waals surface area contributed by atoms with Crippen LogP contribution in [0.2, 0.25) is 0 Å². The lowest BCUT2D eigenvalue weighted by Crippen LogP contribution is -2.38. The van der Waals surface area contributed by atoms with Crippen LogP contribution in [-0.4, -0.2) is 49.0 Å². The molecule has 0 spiro atoms. The summed E-state index contributed by atoms with van der Waals surface area (Å²) in [7, 11) is 1.68. The van der Waals surface area contributed by atoms with Gasteiger partial charge in [0.2, 0.25) is 0 Å². The van der Waals surface area contributed by atoms with Gasteiger partial charge in [-0.05, 0) is 95.8 Å². The van der Waals surface area contributed by atoms with Crippen LogP contribution in [0, 0.1) is 0 Å². The third kappa shape index (κ3) is 7.83. The summed E-state index contributed by atoms with van der Waals surface area (Å²) in [4.78, 5) is 16.7. The second-order valence-electron chi connectivity index (χ2n) is 10.7. The van der Waals surface area contributed by atoms with Crippen LogP contribution in [-0.2, 0) is 4.74 Å². The van der Waals surface area contributed by atoms with Gasteiger partial charge in [-0.25, -0.2) is 9.78 Å². The maximum atomic E-state index is 11.7. The molecule has 0 aliphatic heterocycles. The number of benzene rings is 2. The first kappa shape index (κ1) is 26.7. The molecule has 7 heteroatoms. The molecule has 0 saturated heterocycles. The summed E-state index contributed by atoms with van der Waals surface area (Å²) >= 11 is 0. The van der Waals surface area contributed by atoms with Gasteiger partial charge in [0.25, 0.3) is 0 Å². The van der Waals surface area contributed by atoms with Gasteiger partial charge < -0.3 is 25.4 Å². The van der Waals surface area contributed by atoms with Crippen LogP contribution in [0.5, 0.6) is 5.75 Å². The molecule has 0 radical (unpaired) electrons. The van der Waals surface area contributed by atoms with Crippen molar-refractivity contribution in [3.63, 3.8) is 0 Å². The molecule has 1 amide bonds. The van der Waals surface area contributed by atoms with E-state index in [0.29, 0.717) is 18.6 Å². The molecule has 7 nitrogen and oxygen atoms in total. The number of methoxy groups -OCH3 is 1. The molecule has 1 heterocycles. The molecule has 0 bridgehead atoms. The van der Waals surface area contributed by atoms with Gasteiger partial charge in [0.1, 0.15) is 11.4 Å². The average molecular weight is 505 g/mol. The predicted octanol–water partition coefficient (Wildman–Crippen LogP) is 6.14. The number of nitrogens with one attached hydrogen (secondary N) is 3. The lowest BCUT2D eigenvalue weighted by molar-refractivity contribution is 0.0527. The molecule has 2 aromatic carbocycles. The largest absolute Gasteiger partial charge is 0.497 e. The summed E-state index contributed by atoms with van der Waals surface area (Å²) < 4.78 is 10.6. The zero-order valence-electron chi connectivity index (χ0n) is 22.5. The first-order valence-corrected chi connectivity index (χ1v) is 13.3. The number of ether oxygens (including phenoxy) is 2. The molecular formula is C30H40N4O3. The van der Waals surface area contributed by atoms with Gasteiger partial charge >= 0.3 is 6.09 Å². The van der Waals surface area contributed by atoms with Gasteiger partial charge in [-0.2, -0.15) is 0 Å². The van der Waals surface area contributed by atoms with Gasteiger partial charge in [0.05, 0.1) is 18.3 Å². The van der Waals surface area contributed by atoms with Crippen molar-refractivity contribution in [2.45, 2.75) is 70.6 Å². The first-order valence-electron chi connectivity index (χ1n) is 13.3. The second kappa shape index (κ2) is 12.3. The van der Waals surface area contributed by atoms with Crippen LogP contribution in [0.15, 0.2) is 54.6 Å². The lowest BCUT2D eigenvalue weighted by atomic mass is 9.90. The van der Waals surface area contributed by atoms with Crippen molar-refractivity contribution in [1.82, 2.24) is 15.6 Å². The normalized spacial score (nSPS) is 17.8. The number of hydrogen-bond donors (Lipinski definition) is 3. The third-order valence-electron chi connectivity index (χ3n) is 6.64. The van der Waals surface area contributed by atoms with Crippen LogP contribution in [0.1, 0.15) is 52.9 Å². The summed E-state index contributed by atoms with van der Waals surface area (Å²) in [5, 5.41) is 11.5. The number of para-hydroxylation sites is 1. The van der Waals surface area contributed by atoms with Gasteiger partial charge in [0, 0.05) is 35.3 Å². The van der Waals surface area contributed by atoms with Crippen molar-refractivity contribution in [3.8, 4) is 17.0 Å². The van der Waals surface area contributed by atoms with Crippen molar-refractivity contribution < 1.29 is 14.3 Å². The van der Waals surface area contributed by atoms with Gasteiger partial charge in [-0.15, -0.1) is 0 Å². The van der Waals surface area contributed by atoms with Crippen molar-refractivity contribution in [1.29, 1.82) is 0 Å². The molecule has 1 fully saturated rings. The van der Waals surface area contributed by atoms with Crippen molar-refractivity contribution in [2.24, 2.45) is 0 Å². The van der Waals surface area contributed by atoms with Crippen LogP contribution >= 0.6 is 0 Å². The molecule has 1 saturated carbocycles. The number of anilines is 1. The van der Waals surface area contributed by atoms with E-state index in [9.17, 15) is 4.79 Å². The minimum Gasteiger partial charge on any atom is -0.497 e. The third-order valence-corrected chi connectivity index (χ3v) is 6.64. The molecule has 1 aromatic heterocycles. The standard InChI is InChI=1S/C30H40N4O3/c1-30(2,3)37-29(35)32-19-7-18-31-22-12-14-23(15-13-22)33-28-20-27(21-10-16-24(36-4)17-11-21)34-26-9-6-5-8-25(26)28/h5-6,8-11,16-17,20,22-23,31H,7,12-15,18-19H2,1-4H3,(H,32,35)(H,33,34). The highest BCUT2D eigenvalue weighted by molar-refractivity contribution is 5.93. The molecule has 37 heavy (non-hydrogen) atoms. The number of amides is 1. The maximum absolute atomic E-state index is 11.7. The first-order chi connectivity index (χ1) is 17.8. The van der Waals surface area contributed by atoms with Gasteiger partial charge in [-0.3, -0.25) is 0 Å². The Hall–Kier alpha value is -3.32. The fourth-order valence-corrected chi connectivity index (χ4v) is 4.77. The fourth-order valence-electron chi connectivity index (χ4n) is 4.77. The van der Waals surface area contributed by atoms with E-state index in [-0.39, 0.29) is 6.09 Å². The summed E-state index contributed by atoms with van der Waals surface area (Å²) in [5.41, 5.74) is 3.70. The molecule has 1 aliphatic rings. The summed E-state index contributed by atoms with van der Waals surface area (Å²) in [6, 6.07) is 19.5. The van der Waals surface area contributed by atoms with E-state index in [2.05, 4.69) is 52.3 Å². The SMILES string of the molecule is COc1ccc(-c2cc(NC3CCC(NCCCNC(=O)OC(C)(C)C)CC3)c3ccccc3n2)cc1. The highest BCUT2D eigenvalue weighted by Gasteiger charge is 2.22. The topological polar surface area (TPSA) is 84.5 Å². The van der Waals surface area contributed by atoms with E-state index < -0.39 is 5.60 Å². The number of carbonyl (C=O) groups is 1. The van der Waals surface area contributed by atoms with Crippen LogP contribution in [0.3, 0.4) is 0 Å². The molecule has 3 N–H and O–H groups in total. The Kier molecular flexibility index (Phi) is 8.87. The van der Waals surface area contributed by atoms with E-state index in [1.807, 2.05) is 39.0 Å². The summed E-state index contributed by atoms with van der Waals surface area (Å²) in [6.07, 6.45) is 5.02. The molecular weight excluding hydrogens is 464 g/mol. The Morgan fingerprint density at radius 3 is 2.38 bits per heavy atom. The summed E-state index contributed by atoms with van der Waals surface area (Å²) in [6.45, 7) is 7.12. The van der Waals surface area contributed by atoms with Crippen molar-refractivity contribution in [3.05, 3.63) is 54.6 Å². The minimum atomic E-state index is -0.463. The molecule has 0 unspecified atom stereocenters. The van der Waals surface area contributed by atoms with Crippen LogP contribution < -0.4 is 20.7 Å². The Bertz CT molecular complexity index is 1170. The second-order valence-corrected chi connectivity index (χ2v) is 10.7. The zero-order valence-corrected chi connectivity index (χ0v) is 22.5. The summed E-state index contributed by atoms with van der Waals surface area (Å²) in [5.74, 6) is 0.840. The zero-order chi connectivity index (χ0) is 26.3. The smallest absolute Gasteiger partial charge is 0.407 e. The van der Waals surface area contributed by atoms with Gasteiger partial charge in [0.15, 0.2) is 0 Å². The minimum absolute atomic E-state index is 0.349. The number of carbonyl (C=O) groups excluding carboxylic acids is 1. The number of alkyl carbamates (subject to hydrolysis) is 1. The van der Waals surface area contributed by atoms with Crippen molar-refractivity contribution >= 4 is 22.7 Å². The Morgan fingerprint density at radius 1 is 0.973 bits per heavy atom. The molecule has 4 rings (SSSR count). The Labute approximate surface area is 220 Å². The Balaban J connectivity index is 1.29. The monoisotopic (exact) mass is 504 g/mol. The predicted molar refractivity (Wildman–Crippen MR) is 150 cm³/mol. The average Bonchev–Trinajstić information content (AvgIpc) is 2.88. The Morgan fingerprint density at radius 2 is 1.68 bits per heavy atom. The quantitative estimate of drug-likeness (QED) is 0.304. The van der Waals surface area contributed by atoms with E-state index in [1.54, 1.807) is 7.11 Å². The van der Waals surface area contributed by atoms with E-state index >= 15 is 0 Å². The number of rotatable bonds is 9. The number of hydrogen-bond acceptors (Lipinski definition) is 6. The molecule has 1 aliphatic carbocycles.